The molecule has 6 rings (SSSR count). The van der Waals surface area contributed by atoms with Crippen LogP contribution in [0.1, 0.15) is 52.4 Å². The highest BCUT2D eigenvalue weighted by Crippen LogP contribution is 2.35. The monoisotopic (exact) mass is 516 g/mol. The van der Waals surface area contributed by atoms with Crippen molar-refractivity contribution in [1.82, 2.24) is 29.5 Å². The molecule has 4 heterocycles. The fourth-order valence-electron chi connectivity index (χ4n) is 5.69. The lowest BCUT2D eigenvalue weighted by molar-refractivity contribution is -0.118. The second-order valence-electron chi connectivity index (χ2n) is 10.8. The summed E-state index contributed by atoms with van der Waals surface area (Å²) >= 11 is 0. The van der Waals surface area contributed by atoms with E-state index in [9.17, 15) is 9.59 Å². The van der Waals surface area contributed by atoms with Crippen molar-refractivity contribution in [2.75, 3.05) is 0 Å². The SMILES string of the molecule is C[C@@H](Oc1nc(-c2cc3nn(C)cc3c(O[C@H](C)[C@H]3CCC(=O)C3)n2)cc2nn(C)cc12)[C@@H]1CCC(=O)C1. The summed E-state index contributed by atoms with van der Waals surface area (Å²) in [7, 11) is 3.73. The fourth-order valence-corrected chi connectivity index (χ4v) is 5.69. The van der Waals surface area contributed by atoms with Crippen LogP contribution in [0, 0.1) is 11.8 Å². The van der Waals surface area contributed by atoms with Gasteiger partial charge in [0.15, 0.2) is 0 Å². The molecule has 0 spiro atoms. The van der Waals surface area contributed by atoms with Gasteiger partial charge < -0.3 is 9.47 Å². The summed E-state index contributed by atoms with van der Waals surface area (Å²) in [5.74, 6) is 1.87. The summed E-state index contributed by atoms with van der Waals surface area (Å²) in [6.45, 7) is 4.00. The van der Waals surface area contributed by atoms with Gasteiger partial charge in [0, 0.05) is 64.0 Å². The third-order valence-electron chi connectivity index (χ3n) is 7.92. The molecule has 4 aromatic rings. The van der Waals surface area contributed by atoms with E-state index in [1.807, 2.05) is 52.5 Å². The number of pyridine rings is 2. The molecular weight excluding hydrogens is 484 g/mol. The number of hydrogen-bond donors (Lipinski definition) is 0. The van der Waals surface area contributed by atoms with Crippen LogP contribution in [0.5, 0.6) is 11.8 Å². The molecule has 38 heavy (non-hydrogen) atoms. The summed E-state index contributed by atoms with van der Waals surface area (Å²) in [5, 5.41) is 10.8. The first-order valence-corrected chi connectivity index (χ1v) is 13.3. The average Bonchev–Trinajstić information content (AvgIpc) is 3.65. The van der Waals surface area contributed by atoms with E-state index in [2.05, 4.69) is 10.2 Å². The number of carbonyl (C=O) groups excluding carboxylic acids is 2. The number of ether oxygens (including phenoxy) is 2. The van der Waals surface area contributed by atoms with Gasteiger partial charge >= 0.3 is 0 Å². The predicted molar refractivity (Wildman–Crippen MR) is 141 cm³/mol. The Morgan fingerprint density at radius 2 is 1.18 bits per heavy atom. The molecule has 0 radical (unpaired) electrons. The molecule has 0 aliphatic heterocycles. The molecule has 2 aliphatic rings. The number of ketones is 2. The van der Waals surface area contributed by atoms with Crippen molar-refractivity contribution in [2.45, 2.75) is 64.6 Å². The van der Waals surface area contributed by atoms with Crippen molar-refractivity contribution < 1.29 is 19.1 Å². The van der Waals surface area contributed by atoms with Gasteiger partial charge in [-0.15, -0.1) is 0 Å². The maximum absolute atomic E-state index is 11.9. The number of nitrogens with zero attached hydrogens (tertiary/aromatic N) is 6. The Labute approximate surface area is 220 Å². The van der Waals surface area contributed by atoms with Gasteiger partial charge in [0.1, 0.15) is 23.8 Å². The molecule has 10 nitrogen and oxygen atoms in total. The molecule has 0 amide bonds. The smallest absolute Gasteiger partial charge is 0.225 e. The van der Waals surface area contributed by atoms with Gasteiger partial charge in [0.05, 0.1) is 33.2 Å². The predicted octanol–water partition coefficient (Wildman–Crippen LogP) is 4.19. The summed E-state index contributed by atoms with van der Waals surface area (Å²) in [6, 6.07) is 3.79. The first-order chi connectivity index (χ1) is 18.2. The van der Waals surface area contributed by atoms with E-state index in [4.69, 9.17) is 19.4 Å². The number of Topliss-reactive ketones (excluding diaryl/α,β-unsaturated/α-hetero) is 2. The molecule has 0 saturated heterocycles. The number of aromatic nitrogens is 6. The van der Waals surface area contributed by atoms with Crippen molar-refractivity contribution in [2.24, 2.45) is 25.9 Å². The molecule has 2 fully saturated rings. The molecule has 4 aromatic heterocycles. The van der Waals surface area contributed by atoms with Crippen molar-refractivity contribution in [1.29, 1.82) is 0 Å². The number of hydrogen-bond acceptors (Lipinski definition) is 8. The lowest BCUT2D eigenvalue weighted by Gasteiger charge is -2.21. The van der Waals surface area contributed by atoms with Crippen molar-refractivity contribution in [3.8, 4) is 23.1 Å². The topological polar surface area (TPSA) is 114 Å². The molecule has 0 aromatic carbocycles. The maximum Gasteiger partial charge on any atom is 0.225 e. The minimum atomic E-state index is -0.160. The Balaban J connectivity index is 1.39. The van der Waals surface area contributed by atoms with Crippen LogP contribution in [0.2, 0.25) is 0 Å². The Morgan fingerprint density at radius 1 is 0.763 bits per heavy atom. The zero-order chi connectivity index (χ0) is 26.6. The van der Waals surface area contributed by atoms with E-state index in [1.165, 1.54) is 0 Å². The maximum atomic E-state index is 11.9. The average molecular weight is 517 g/mol. The fraction of sp³-hybridized carbons (Fsp3) is 0.500. The van der Waals surface area contributed by atoms with Crippen LogP contribution in [-0.2, 0) is 23.7 Å². The van der Waals surface area contributed by atoms with Crippen molar-refractivity contribution in [3.63, 3.8) is 0 Å². The van der Waals surface area contributed by atoms with Crippen molar-refractivity contribution in [3.05, 3.63) is 24.5 Å². The highest BCUT2D eigenvalue weighted by atomic mass is 16.5. The first kappa shape index (κ1) is 24.5. The molecule has 4 atom stereocenters. The molecule has 2 saturated carbocycles. The van der Waals surface area contributed by atoms with Crippen LogP contribution in [0.3, 0.4) is 0 Å². The lowest BCUT2D eigenvalue weighted by atomic mass is 10.0. The van der Waals surface area contributed by atoms with Gasteiger partial charge in [0.2, 0.25) is 11.8 Å². The minimum absolute atomic E-state index is 0.160. The number of aryl methyl sites for hydroxylation is 2. The molecule has 198 valence electrons. The summed E-state index contributed by atoms with van der Waals surface area (Å²) in [5.41, 5.74) is 2.68. The van der Waals surface area contributed by atoms with Gasteiger partial charge in [-0.2, -0.15) is 10.2 Å². The van der Waals surface area contributed by atoms with Gasteiger partial charge in [-0.1, -0.05) is 0 Å². The van der Waals surface area contributed by atoms with Crippen LogP contribution in [0.4, 0.5) is 0 Å². The van der Waals surface area contributed by atoms with E-state index in [0.29, 0.717) is 48.8 Å². The second kappa shape index (κ2) is 9.49. The largest absolute Gasteiger partial charge is 0.474 e. The Kier molecular flexibility index (Phi) is 6.12. The van der Waals surface area contributed by atoms with Crippen LogP contribution >= 0.6 is 0 Å². The molecule has 0 bridgehead atoms. The number of rotatable bonds is 7. The highest BCUT2D eigenvalue weighted by Gasteiger charge is 2.30. The minimum Gasteiger partial charge on any atom is -0.474 e. The van der Waals surface area contributed by atoms with E-state index in [1.54, 1.807) is 9.36 Å². The summed E-state index contributed by atoms with van der Waals surface area (Å²) in [4.78, 5) is 33.5. The Morgan fingerprint density at radius 3 is 1.55 bits per heavy atom. The van der Waals surface area contributed by atoms with Crippen molar-refractivity contribution >= 4 is 33.4 Å². The molecule has 10 heteroatoms. The summed E-state index contributed by atoms with van der Waals surface area (Å²) in [6.07, 6.45) is 7.43. The van der Waals surface area contributed by atoms with E-state index < -0.39 is 0 Å². The third-order valence-corrected chi connectivity index (χ3v) is 7.92. The third kappa shape index (κ3) is 4.63. The van der Waals surface area contributed by atoms with Crippen LogP contribution < -0.4 is 9.47 Å². The van der Waals surface area contributed by atoms with Gasteiger partial charge in [-0.3, -0.25) is 19.0 Å². The van der Waals surface area contributed by atoms with E-state index in [-0.39, 0.29) is 35.6 Å². The standard InChI is InChI=1S/C28H32N6O4/c1-15(17-5-7-19(35)9-17)37-27-21-13-33(3)31-23(21)11-25(29-27)26-12-24-22(14-34(4)32-24)28(30-26)38-16(2)18-6-8-20(36)10-18/h11-18H,5-10H2,1-4H3/t15-,16-,17-,18+/m1/s1. The Bertz CT molecular complexity index is 1440. The zero-order valence-corrected chi connectivity index (χ0v) is 22.2. The van der Waals surface area contributed by atoms with E-state index in [0.717, 1.165) is 34.6 Å². The quantitative estimate of drug-likeness (QED) is 0.359. The van der Waals surface area contributed by atoms with Crippen LogP contribution in [0.15, 0.2) is 24.5 Å². The molecule has 0 N–H and O–H groups in total. The highest BCUT2D eigenvalue weighted by molar-refractivity contribution is 5.90. The van der Waals surface area contributed by atoms with E-state index >= 15 is 0 Å². The number of fused-ring (bicyclic) bond motifs is 2. The van der Waals surface area contributed by atoms with Crippen LogP contribution in [-0.4, -0.2) is 53.3 Å². The van der Waals surface area contributed by atoms with Gasteiger partial charge in [0.25, 0.3) is 0 Å². The first-order valence-electron chi connectivity index (χ1n) is 13.3. The second-order valence-corrected chi connectivity index (χ2v) is 10.8. The van der Waals surface area contributed by atoms with Crippen LogP contribution in [0.25, 0.3) is 33.2 Å². The normalized spacial score (nSPS) is 21.5. The Hall–Kier alpha value is -3.82. The zero-order valence-electron chi connectivity index (χ0n) is 22.2. The molecule has 2 aliphatic carbocycles. The van der Waals surface area contributed by atoms with Gasteiger partial charge in [-0.05, 0) is 38.8 Å². The number of carbonyl (C=O) groups is 2. The summed E-state index contributed by atoms with van der Waals surface area (Å²) < 4.78 is 16.2. The molecule has 0 unspecified atom stereocenters. The lowest BCUT2D eigenvalue weighted by Crippen LogP contribution is -2.22. The van der Waals surface area contributed by atoms with Gasteiger partial charge in [-0.25, -0.2) is 9.97 Å². The molecular formula is C28H32N6O4.